The zero-order valence-electron chi connectivity index (χ0n) is 12.5. The smallest absolute Gasteiger partial charge is 0.125 e. The van der Waals surface area contributed by atoms with Crippen LogP contribution in [-0.2, 0) is 6.54 Å². The third-order valence-corrected chi connectivity index (χ3v) is 4.22. The van der Waals surface area contributed by atoms with Crippen LogP contribution in [0.15, 0.2) is 18.3 Å². The number of nitrogens with zero attached hydrogens (tertiary/aromatic N) is 2. The molecule has 1 heterocycles. The fourth-order valence-electron chi connectivity index (χ4n) is 2.90. The Labute approximate surface area is 117 Å². The van der Waals surface area contributed by atoms with Crippen LogP contribution in [0.4, 0.5) is 5.82 Å². The summed E-state index contributed by atoms with van der Waals surface area (Å²) in [5, 5.41) is 3.23. The van der Waals surface area contributed by atoms with Gasteiger partial charge in [-0.3, -0.25) is 4.90 Å². The van der Waals surface area contributed by atoms with Gasteiger partial charge in [-0.1, -0.05) is 13.0 Å². The highest BCUT2D eigenvalue weighted by Gasteiger charge is 2.21. The van der Waals surface area contributed by atoms with Gasteiger partial charge in [-0.15, -0.1) is 0 Å². The first kappa shape index (κ1) is 14.3. The van der Waals surface area contributed by atoms with Gasteiger partial charge < -0.3 is 5.32 Å². The lowest BCUT2D eigenvalue weighted by atomic mass is 9.86. The summed E-state index contributed by atoms with van der Waals surface area (Å²) >= 11 is 0. The zero-order chi connectivity index (χ0) is 13.7. The molecule has 1 aliphatic carbocycles. The van der Waals surface area contributed by atoms with Crippen molar-refractivity contribution in [1.82, 2.24) is 9.88 Å². The summed E-state index contributed by atoms with van der Waals surface area (Å²) in [6.45, 7) is 6.40. The maximum absolute atomic E-state index is 4.44. The van der Waals surface area contributed by atoms with Crippen LogP contribution in [0.5, 0.6) is 0 Å². The molecule has 3 heteroatoms. The maximum atomic E-state index is 4.44. The topological polar surface area (TPSA) is 28.2 Å². The van der Waals surface area contributed by atoms with Gasteiger partial charge in [-0.05, 0) is 57.2 Å². The first-order valence-corrected chi connectivity index (χ1v) is 7.58. The first-order valence-electron chi connectivity index (χ1n) is 7.58. The predicted molar refractivity (Wildman–Crippen MR) is 81.3 cm³/mol. The highest BCUT2D eigenvalue weighted by molar-refractivity contribution is 5.35. The Bertz CT molecular complexity index is 366. The summed E-state index contributed by atoms with van der Waals surface area (Å²) in [6, 6.07) is 5.02. The molecule has 0 saturated heterocycles. The Morgan fingerprint density at radius 3 is 2.58 bits per heavy atom. The van der Waals surface area contributed by atoms with Gasteiger partial charge in [0.15, 0.2) is 0 Å². The highest BCUT2D eigenvalue weighted by atomic mass is 15.1. The van der Waals surface area contributed by atoms with E-state index in [0.717, 1.165) is 30.9 Å². The minimum atomic E-state index is 0.754. The van der Waals surface area contributed by atoms with Crippen molar-refractivity contribution in [3.05, 3.63) is 23.9 Å². The van der Waals surface area contributed by atoms with E-state index in [-0.39, 0.29) is 0 Å². The van der Waals surface area contributed by atoms with E-state index in [9.17, 15) is 0 Å². The third kappa shape index (κ3) is 4.20. The van der Waals surface area contributed by atoms with Crippen LogP contribution >= 0.6 is 0 Å². The largest absolute Gasteiger partial charge is 0.370 e. The maximum Gasteiger partial charge on any atom is 0.125 e. The molecule has 1 N–H and O–H groups in total. The molecule has 0 amide bonds. The van der Waals surface area contributed by atoms with E-state index in [1.807, 2.05) is 6.20 Å². The van der Waals surface area contributed by atoms with E-state index in [2.05, 4.69) is 48.2 Å². The SMILES string of the molecule is CCNc1ccc(CN(C)C2CCC(C)CC2)cn1. The number of rotatable bonds is 5. The summed E-state index contributed by atoms with van der Waals surface area (Å²) in [4.78, 5) is 6.94. The zero-order valence-corrected chi connectivity index (χ0v) is 12.5. The van der Waals surface area contributed by atoms with E-state index in [1.165, 1.54) is 31.2 Å². The number of hydrogen-bond acceptors (Lipinski definition) is 3. The van der Waals surface area contributed by atoms with Gasteiger partial charge in [0, 0.05) is 25.3 Å². The summed E-state index contributed by atoms with van der Waals surface area (Å²) in [7, 11) is 2.25. The van der Waals surface area contributed by atoms with Gasteiger partial charge in [0.05, 0.1) is 0 Å². The molecule has 0 bridgehead atoms. The van der Waals surface area contributed by atoms with E-state index < -0.39 is 0 Å². The number of anilines is 1. The van der Waals surface area contributed by atoms with Crippen molar-refractivity contribution in [2.24, 2.45) is 5.92 Å². The number of hydrogen-bond donors (Lipinski definition) is 1. The second-order valence-electron chi connectivity index (χ2n) is 5.91. The molecular weight excluding hydrogens is 234 g/mol. The van der Waals surface area contributed by atoms with Gasteiger partial charge >= 0.3 is 0 Å². The van der Waals surface area contributed by atoms with Crippen molar-refractivity contribution in [3.8, 4) is 0 Å². The van der Waals surface area contributed by atoms with Crippen LogP contribution in [0.1, 0.15) is 45.1 Å². The molecule has 3 nitrogen and oxygen atoms in total. The summed E-state index contributed by atoms with van der Waals surface area (Å²) in [5.74, 6) is 1.89. The number of nitrogens with one attached hydrogen (secondary N) is 1. The third-order valence-electron chi connectivity index (χ3n) is 4.22. The molecule has 0 aliphatic heterocycles. The van der Waals surface area contributed by atoms with Crippen molar-refractivity contribution in [3.63, 3.8) is 0 Å². The van der Waals surface area contributed by atoms with Crippen LogP contribution in [0.2, 0.25) is 0 Å². The van der Waals surface area contributed by atoms with Crippen molar-refractivity contribution < 1.29 is 0 Å². The van der Waals surface area contributed by atoms with Gasteiger partial charge in [-0.2, -0.15) is 0 Å². The first-order chi connectivity index (χ1) is 9.19. The van der Waals surface area contributed by atoms with Crippen molar-refractivity contribution in [1.29, 1.82) is 0 Å². The molecule has 1 aliphatic rings. The average molecular weight is 261 g/mol. The molecule has 0 spiro atoms. The van der Waals surface area contributed by atoms with Crippen molar-refractivity contribution >= 4 is 5.82 Å². The normalized spacial score (nSPS) is 23.6. The van der Waals surface area contributed by atoms with Gasteiger partial charge in [0.2, 0.25) is 0 Å². The lowest BCUT2D eigenvalue weighted by molar-refractivity contribution is 0.164. The molecule has 0 radical (unpaired) electrons. The van der Waals surface area contributed by atoms with Crippen LogP contribution in [0.25, 0.3) is 0 Å². The molecule has 1 saturated carbocycles. The Kier molecular flexibility index (Phi) is 5.20. The molecule has 0 atom stereocenters. The number of aromatic nitrogens is 1. The Balaban J connectivity index is 1.86. The van der Waals surface area contributed by atoms with Gasteiger partial charge in [-0.25, -0.2) is 4.98 Å². The summed E-state index contributed by atoms with van der Waals surface area (Å²) < 4.78 is 0. The van der Waals surface area contributed by atoms with Crippen molar-refractivity contribution in [2.75, 3.05) is 18.9 Å². The monoisotopic (exact) mass is 261 g/mol. The van der Waals surface area contributed by atoms with Crippen LogP contribution in [0.3, 0.4) is 0 Å². The molecule has 0 aromatic carbocycles. The summed E-state index contributed by atoms with van der Waals surface area (Å²) in [5.41, 5.74) is 1.31. The summed E-state index contributed by atoms with van der Waals surface area (Å²) in [6.07, 6.45) is 7.46. The molecule has 19 heavy (non-hydrogen) atoms. The molecule has 0 unspecified atom stereocenters. The van der Waals surface area contributed by atoms with E-state index in [4.69, 9.17) is 0 Å². The predicted octanol–water partition coefficient (Wildman–Crippen LogP) is 3.52. The molecule has 1 aromatic rings. The highest BCUT2D eigenvalue weighted by Crippen LogP contribution is 2.27. The minimum Gasteiger partial charge on any atom is -0.370 e. The number of pyridine rings is 1. The average Bonchev–Trinajstić information content (AvgIpc) is 2.42. The van der Waals surface area contributed by atoms with Crippen LogP contribution in [0, 0.1) is 5.92 Å². The van der Waals surface area contributed by atoms with Gasteiger partial charge in [0.25, 0.3) is 0 Å². The second kappa shape index (κ2) is 6.90. The fraction of sp³-hybridized carbons (Fsp3) is 0.688. The Morgan fingerprint density at radius 2 is 2.00 bits per heavy atom. The Morgan fingerprint density at radius 1 is 1.26 bits per heavy atom. The minimum absolute atomic E-state index is 0.754. The van der Waals surface area contributed by atoms with Crippen LogP contribution < -0.4 is 5.32 Å². The fourth-order valence-corrected chi connectivity index (χ4v) is 2.90. The molecular formula is C16H27N3. The molecule has 106 valence electrons. The standard InChI is InChI=1S/C16H27N3/c1-4-17-16-10-7-14(11-18-16)12-19(3)15-8-5-13(2)6-9-15/h7,10-11,13,15H,4-6,8-9,12H2,1-3H3,(H,17,18). The Hall–Kier alpha value is -1.09. The van der Waals surface area contributed by atoms with Crippen molar-refractivity contribution in [2.45, 2.75) is 52.1 Å². The van der Waals surface area contributed by atoms with E-state index in [1.54, 1.807) is 0 Å². The van der Waals surface area contributed by atoms with Crippen LogP contribution in [-0.4, -0.2) is 29.5 Å². The lowest BCUT2D eigenvalue weighted by Gasteiger charge is -2.33. The molecule has 1 fully saturated rings. The second-order valence-corrected chi connectivity index (χ2v) is 5.91. The quantitative estimate of drug-likeness (QED) is 0.879. The molecule has 1 aromatic heterocycles. The van der Waals surface area contributed by atoms with Gasteiger partial charge in [0.1, 0.15) is 5.82 Å². The molecule has 2 rings (SSSR count). The van der Waals surface area contributed by atoms with E-state index in [0.29, 0.717) is 0 Å². The lowest BCUT2D eigenvalue weighted by Crippen LogP contribution is -2.34. The van der Waals surface area contributed by atoms with E-state index >= 15 is 0 Å².